The second-order valence-corrected chi connectivity index (χ2v) is 12.2. The van der Waals surface area contributed by atoms with E-state index < -0.39 is 0 Å². The zero-order chi connectivity index (χ0) is 24.3. The molecule has 33 heavy (non-hydrogen) atoms. The summed E-state index contributed by atoms with van der Waals surface area (Å²) in [5, 5.41) is 1.23. The van der Waals surface area contributed by atoms with Gasteiger partial charge >= 0.3 is 0 Å². The van der Waals surface area contributed by atoms with Crippen LogP contribution in [0.4, 0.5) is 0 Å². The number of aryl methyl sites for hydroxylation is 4. The van der Waals surface area contributed by atoms with Crippen LogP contribution in [0.2, 0.25) is 0 Å². The summed E-state index contributed by atoms with van der Waals surface area (Å²) in [5.41, 5.74) is 11.5. The molecule has 2 heteroatoms. The monoisotopic (exact) mass is 456 g/mol. The van der Waals surface area contributed by atoms with E-state index in [0.29, 0.717) is 15.0 Å². The van der Waals surface area contributed by atoms with E-state index in [4.69, 9.17) is 0 Å². The highest BCUT2D eigenvalue weighted by Crippen LogP contribution is 2.42. The lowest BCUT2D eigenvalue weighted by Gasteiger charge is -2.28. The Balaban J connectivity index is 2.25. The van der Waals surface area contributed by atoms with Gasteiger partial charge in [0.05, 0.1) is 0 Å². The molecule has 172 valence electrons. The molecule has 0 bridgehead atoms. The van der Waals surface area contributed by atoms with Crippen molar-refractivity contribution in [3.8, 4) is 22.3 Å². The van der Waals surface area contributed by atoms with E-state index in [1.807, 2.05) is 13.8 Å². The fraction of sp³-hybridized carbons (Fsp3) is 0.323. The Kier molecular flexibility index (Phi) is 7.76. The smallest absolute Gasteiger partial charge is 0.156 e. The fourth-order valence-corrected chi connectivity index (χ4v) is 6.40. The predicted octanol–water partition coefficient (Wildman–Crippen LogP) is 8.26. The molecular formula is C31H37OP. The van der Waals surface area contributed by atoms with Crippen LogP contribution in [0.25, 0.3) is 22.3 Å². The summed E-state index contributed by atoms with van der Waals surface area (Å²) in [6, 6.07) is 19.8. The van der Waals surface area contributed by atoms with Gasteiger partial charge in [-0.15, -0.1) is 0 Å². The molecule has 3 aromatic rings. The van der Waals surface area contributed by atoms with Gasteiger partial charge in [0.1, 0.15) is 0 Å². The van der Waals surface area contributed by atoms with Gasteiger partial charge in [-0.05, 0) is 103 Å². The molecule has 0 spiro atoms. The molecule has 0 aliphatic carbocycles. The van der Waals surface area contributed by atoms with Crippen molar-refractivity contribution >= 4 is 19.7 Å². The van der Waals surface area contributed by atoms with Crippen LogP contribution in [-0.4, -0.2) is 10.9 Å². The highest BCUT2D eigenvalue weighted by atomic mass is 31.1. The Labute approximate surface area is 202 Å². The average Bonchev–Trinajstić information content (AvgIpc) is 2.68. The lowest BCUT2D eigenvalue weighted by atomic mass is 9.90. The molecule has 1 atom stereocenters. The van der Waals surface area contributed by atoms with Gasteiger partial charge in [-0.2, -0.15) is 0 Å². The summed E-state index contributed by atoms with van der Waals surface area (Å²) >= 11 is 0. The zero-order valence-corrected chi connectivity index (χ0v) is 22.4. The van der Waals surface area contributed by atoms with Crippen LogP contribution in [0.15, 0.2) is 66.2 Å². The van der Waals surface area contributed by atoms with Gasteiger partial charge in [-0.3, -0.25) is 4.79 Å². The molecule has 0 radical (unpaired) electrons. The number of allylic oxidation sites excluding steroid dienone is 2. The largest absolute Gasteiger partial charge is 0.295 e. The molecule has 0 saturated heterocycles. The first-order valence-corrected chi connectivity index (χ1v) is 12.7. The van der Waals surface area contributed by atoms with E-state index in [9.17, 15) is 4.79 Å². The summed E-state index contributed by atoms with van der Waals surface area (Å²) in [5.74, 6) is 0.214. The summed E-state index contributed by atoms with van der Waals surface area (Å²) in [6.07, 6.45) is 2.33. The minimum atomic E-state index is -0.138. The minimum Gasteiger partial charge on any atom is -0.295 e. The molecule has 1 unspecified atom stereocenters. The summed E-state index contributed by atoms with van der Waals surface area (Å²) < 4.78 is 0. The van der Waals surface area contributed by atoms with Gasteiger partial charge in [-0.25, -0.2) is 0 Å². The first kappa shape index (κ1) is 25.1. The van der Waals surface area contributed by atoms with E-state index in [1.54, 1.807) is 6.08 Å². The van der Waals surface area contributed by atoms with E-state index in [0.717, 1.165) is 5.57 Å². The average molecular weight is 457 g/mol. The molecular weight excluding hydrogens is 419 g/mol. The van der Waals surface area contributed by atoms with Crippen molar-refractivity contribution < 1.29 is 4.79 Å². The lowest BCUT2D eigenvalue weighted by molar-refractivity contribution is -0.115. The van der Waals surface area contributed by atoms with Gasteiger partial charge in [-0.1, -0.05) is 82.6 Å². The minimum absolute atomic E-state index is 0.138. The Morgan fingerprint density at radius 1 is 0.758 bits per heavy atom. The third kappa shape index (κ3) is 5.90. The molecule has 0 fully saturated rings. The maximum absolute atomic E-state index is 12.7. The van der Waals surface area contributed by atoms with Gasteiger partial charge in [0.2, 0.25) is 0 Å². The summed E-state index contributed by atoms with van der Waals surface area (Å²) in [7, 11) is 0.505. The zero-order valence-electron chi connectivity index (χ0n) is 21.4. The van der Waals surface area contributed by atoms with E-state index >= 15 is 0 Å². The third-order valence-electron chi connectivity index (χ3n) is 6.09. The lowest BCUT2D eigenvalue weighted by Crippen LogP contribution is -2.23. The second-order valence-electron chi connectivity index (χ2n) is 10.1. The van der Waals surface area contributed by atoms with Crippen molar-refractivity contribution in [1.82, 2.24) is 0 Å². The van der Waals surface area contributed by atoms with Crippen LogP contribution in [0, 0.1) is 27.7 Å². The van der Waals surface area contributed by atoms with E-state index in [-0.39, 0.29) is 10.9 Å². The quantitative estimate of drug-likeness (QED) is 0.258. The fourth-order valence-electron chi connectivity index (χ4n) is 4.77. The predicted molar refractivity (Wildman–Crippen MR) is 147 cm³/mol. The number of rotatable bonds is 7. The van der Waals surface area contributed by atoms with E-state index in [2.05, 4.69) is 96.1 Å². The normalized spacial score (nSPS) is 11.8. The van der Waals surface area contributed by atoms with Crippen molar-refractivity contribution in [2.24, 2.45) is 0 Å². The molecule has 3 aromatic carbocycles. The number of carbonyl (C=O) groups is 1. The third-order valence-corrected chi connectivity index (χ3v) is 7.74. The summed E-state index contributed by atoms with van der Waals surface area (Å²) in [6.45, 7) is 17.2. The topological polar surface area (TPSA) is 17.1 Å². The Morgan fingerprint density at radius 3 is 1.55 bits per heavy atom. The van der Waals surface area contributed by atoms with Crippen LogP contribution in [0.1, 0.15) is 56.4 Å². The standard InChI is InChI=1S/C31H37OP/c1-20(2)18-25(32)19-31(7,8)33-30-26(28-21(3)12-9-13-22(28)4)16-11-17-27(30)29-23(5)14-10-15-24(29)6/h9-18,33H,19H2,1-8H3. The van der Waals surface area contributed by atoms with Crippen molar-refractivity contribution in [2.45, 2.75) is 67.0 Å². The number of ketones is 1. The molecule has 1 nitrogen and oxygen atoms in total. The maximum Gasteiger partial charge on any atom is 0.156 e. The highest BCUT2D eigenvalue weighted by molar-refractivity contribution is 7.49. The van der Waals surface area contributed by atoms with Gasteiger partial charge in [0.25, 0.3) is 0 Å². The van der Waals surface area contributed by atoms with Crippen LogP contribution in [0.5, 0.6) is 0 Å². The Bertz CT molecular complexity index is 1100. The summed E-state index contributed by atoms with van der Waals surface area (Å²) in [4.78, 5) is 12.7. The Hall–Kier alpha value is -2.50. The van der Waals surface area contributed by atoms with Crippen LogP contribution >= 0.6 is 8.58 Å². The van der Waals surface area contributed by atoms with Gasteiger partial charge in [0.15, 0.2) is 5.78 Å². The highest BCUT2D eigenvalue weighted by Gasteiger charge is 2.26. The molecule has 0 saturated carbocycles. The number of hydrogen-bond donors (Lipinski definition) is 0. The first-order valence-electron chi connectivity index (χ1n) is 11.7. The van der Waals surface area contributed by atoms with Crippen molar-refractivity contribution in [3.63, 3.8) is 0 Å². The first-order chi connectivity index (χ1) is 15.5. The van der Waals surface area contributed by atoms with E-state index in [1.165, 1.54) is 49.8 Å². The molecule has 0 aliphatic rings. The van der Waals surface area contributed by atoms with Crippen LogP contribution in [0.3, 0.4) is 0 Å². The number of benzene rings is 3. The van der Waals surface area contributed by atoms with Crippen LogP contribution in [-0.2, 0) is 4.79 Å². The molecule has 3 rings (SSSR count). The SMILES string of the molecule is CC(C)=CC(=O)CC(C)(C)Pc1c(-c2c(C)cccc2C)cccc1-c1c(C)cccc1C. The van der Waals surface area contributed by atoms with Crippen LogP contribution < -0.4 is 5.30 Å². The van der Waals surface area contributed by atoms with Gasteiger partial charge in [0, 0.05) is 6.42 Å². The van der Waals surface area contributed by atoms with Crippen molar-refractivity contribution in [1.29, 1.82) is 0 Å². The molecule has 0 aromatic heterocycles. The number of carbonyl (C=O) groups excluding carboxylic acids is 1. The number of hydrogen-bond acceptors (Lipinski definition) is 1. The molecule has 0 heterocycles. The van der Waals surface area contributed by atoms with Gasteiger partial charge < -0.3 is 0 Å². The maximum atomic E-state index is 12.7. The molecule has 0 amide bonds. The van der Waals surface area contributed by atoms with Crippen molar-refractivity contribution in [2.75, 3.05) is 0 Å². The van der Waals surface area contributed by atoms with Crippen molar-refractivity contribution in [3.05, 3.63) is 88.5 Å². The molecule has 0 N–H and O–H groups in total. The molecule has 0 aliphatic heterocycles. The Morgan fingerprint density at radius 2 is 1.15 bits per heavy atom. The second kappa shape index (κ2) is 10.2.